The zero-order valence-corrected chi connectivity index (χ0v) is 13.0. The number of carbonyl (C=O) groups excluding carboxylic acids is 1. The molecule has 0 aliphatic carbocycles. The number of amides is 1. The monoisotopic (exact) mass is 298 g/mol. The number of carbonyl (C=O) groups is 1. The summed E-state index contributed by atoms with van der Waals surface area (Å²) in [6.07, 6.45) is 4.47. The van der Waals surface area contributed by atoms with Gasteiger partial charge in [0.1, 0.15) is 0 Å². The molecule has 1 fully saturated rings. The van der Waals surface area contributed by atoms with E-state index in [1.165, 1.54) is 0 Å². The van der Waals surface area contributed by atoms with Crippen molar-refractivity contribution >= 4 is 5.91 Å². The standard InChI is InChI=1S/C17H22N4O/c1-12-8-9-18-13(2)16(12)20-17(22)14-10-19-21(11-14)15-6-4-3-5-7-15/h3-7,10-13,16,18H,8-9H2,1-2H3,(H,20,22). The molecule has 2 aromatic rings. The first-order valence-corrected chi connectivity index (χ1v) is 7.79. The highest BCUT2D eigenvalue weighted by atomic mass is 16.1. The Morgan fingerprint density at radius 3 is 2.82 bits per heavy atom. The number of aromatic nitrogens is 2. The maximum absolute atomic E-state index is 12.5. The number of nitrogens with zero attached hydrogens (tertiary/aromatic N) is 2. The predicted octanol–water partition coefficient (Wildman–Crippen LogP) is 1.99. The second-order valence-corrected chi connectivity index (χ2v) is 6.02. The maximum Gasteiger partial charge on any atom is 0.254 e. The van der Waals surface area contributed by atoms with E-state index in [0.717, 1.165) is 18.7 Å². The number of para-hydroxylation sites is 1. The highest BCUT2D eigenvalue weighted by Crippen LogP contribution is 2.17. The second-order valence-electron chi connectivity index (χ2n) is 6.02. The lowest BCUT2D eigenvalue weighted by molar-refractivity contribution is 0.0897. The second kappa shape index (κ2) is 6.32. The molecule has 1 amide bonds. The summed E-state index contributed by atoms with van der Waals surface area (Å²) in [6.45, 7) is 5.32. The Bertz CT molecular complexity index is 627. The first kappa shape index (κ1) is 14.8. The average Bonchev–Trinajstić information content (AvgIpc) is 3.02. The molecule has 0 spiro atoms. The molecule has 3 rings (SSSR count). The molecule has 22 heavy (non-hydrogen) atoms. The lowest BCUT2D eigenvalue weighted by Crippen LogP contribution is -2.55. The summed E-state index contributed by atoms with van der Waals surface area (Å²) in [5.41, 5.74) is 1.54. The minimum atomic E-state index is -0.0606. The van der Waals surface area contributed by atoms with Gasteiger partial charge < -0.3 is 10.6 Å². The Morgan fingerprint density at radius 1 is 1.32 bits per heavy atom. The van der Waals surface area contributed by atoms with Crippen LogP contribution in [0.3, 0.4) is 0 Å². The van der Waals surface area contributed by atoms with E-state index in [4.69, 9.17) is 0 Å². The van der Waals surface area contributed by atoms with E-state index in [9.17, 15) is 4.79 Å². The van der Waals surface area contributed by atoms with Gasteiger partial charge in [0.05, 0.1) is 17.4 Å². The summed E-state index contributed by atoms with van der Waals surface area (Å²) in [5.74, 6) is 0.416. The quantitative estimate of drug-likeness (QED) is 0.911. The zero-order valence-electron chi connectivity index (χ0n) is 13.0. The molecule has 116 valence electrons. The summed E-state index contributed by atoms with van der Waals surface area (Å²) in [5, 5.41) is 10.8. The van der Waals surface area contributed by atoms with Gasteiger partial charge in [0, 0.05) is 18.3 Å². The number of hydrogen-bond acceptors (Lipinski definition) is 3. The fraction of sp³-hybridized carbons (Fsp3) is 0.412. The van der Waals surface area contributed by atoms with Crippen LogP contribution in [-0.4, -0.2) is 34.3 Å². The van der Waals surface area contributed by atoms with Crippen LogP contribution >= 0.6 is 0 Å². The van der Waals surface area contributed by atoms with E-state index in [2.05, 4.69) is 29.6 Å². The Balaban J connectivity index is 1.72. The highest BCUT2D eigenvalue weighted by Gasteiger charge is 2.29. The zero-order chi connectivity index (χ0) is 15.5. The molecule has 1 aliphatic rings. The van der Waals surface area contributed by atoms with E-state index in [-0.39, 0.29) is 18.0 Å². The van der Waals surface area contributed by atoms with Crippen molar-refractivity contribution in [2.75, 3.05) is 6.54 Å². The van der Waals surface area contributed by atoms with Crippen molar-refractivity contribution in [2.24, 2.45) is 5.92 Å². The van der Waals surface area contributed by atoms with Gasteiger partial charge in [-0.05, 0) is 37.9 Å². The van der Waals surface area contributed by atoms with Crippen LogP contribution in [0.2, 0.25) is 0 Å². The first-order valence-electron chi connectivity index (χ1n) is 7.79. The van der Waals surface area contributed by atoms with Gasteiger partial charge in [-0.1, -0.05) is 25.1 Å². The van der Waals surface area contributed by atoms with Gasteiger partial charge in [0.15, 0.2) is 0 Å². The number of benzene rings is 1. The molecule has 1 aliphatic heterocycles. The van der Waals surface area contributed by atoms with E-state index < -0.39 is 0 Å². The molecular weight excluding hydrogens is 276 g/mol. The molecule has 0 bridgehead atoms. The molecular formula is C17H22N4O. The number of hydrogen-bond donors (Lipinski definition) is 2. The molecule has 1 saturated heterocycles. The first-order chi connectivity index (χ1) is 10.6. The van der Waals surface area contributed by atoms with Crippen LogP contribution in [0.25, 0.3) is 5.69 Å². The Kier molecular flexibility index (Phi) is 4.24. The van der Waals surface area contributed by atoms with E-state index in [0.29, 0.717) is 11.5 Å². The number of piperidine rings is 1. The lowest BCUT2D eigenvalue weighted by Gasteiger charge is -2.35. The van der Waals surface area contributed by atoms with Crippen LogP contribution in [0.15, 0.2) is 42.7 Å². The third-order valence-corrected chi connectivity index (χ3v) is 4.38. The molecule has 5 nitrogen and oxygen atoms in total. The molecule has 0 saturated carbocycles. The normalized spacial score (nSPS) is 24.9. The third kappa shape index (κ3) is 3.04. The SMILES string of the molecule is CC1CCNC(C)C1NC(=O)c1cnn(-c2ccccc2)c1. The summed E-state index contributed by atoms with van der Waals surface area (Å²) < 4.78 is 1.72. The van der Waals surface area contributed by atoms with Crippen LogP contribution < -0.4 is 10.6 Å². The summed E-state index contributed by atoms with van der Waals surface area (Å²) in [4.78, 5) is 12.5. The average molecular weight is 298 g/mol. The maximum atomic E-state index is 12.5. The summed E-state index contributed by atoms with van der Waals surface area (Å²) in [6, 6.07) is 10.2. The third-order valence-electron chi connectivity index (χ3n) is 4.38. The van der Waals surface area contributed by atoms with Gasteiger partial charge in [-0.25, -0.2) is 4.68 Å². The van der Waals surface area contributed by atoms with Crippen molar-refractivity contribution in [1.29, 1.82) is 0 Å². The molecule has 0 radical (unpaired) electrons. The topological polar surface area (TPSA) is 58.9 Å². The molecule has 1 aromatic carbocycles. The number of nitrogens with one attached hydrogen (secondary N) is 2. The number of rotatable bonds is 3. The highest BCUT2D eigenvalue weighted by molar-refractivity contribution is 5.94. The van der Waals surface area contributed by atoms with Crippen molar-refractivity contribution in [1.82, 2.24) is 20.4 Å². The van der Waals surface area contributed by atoms with Gasteiger partial charge >= 0.3 is 0 Å². The molecule has 1 aromatic heterocycles. The summed E-state index contributed by atoms with van der Waals surface area (Å²) >= 11 is 0. The largest absolute Gasteiger partial charge is 0.347 e. The fourth-order valence-electron chi connectivity index (χ4n) is 3.00. The molecule has 3 atom stereocenters. The molecule has 2 N–H and O–H groups in total. The van der Waals surface area contributed by atoms with Gasteiger partial charge in [-0.15, -0.1) is 0 Å². The smallest absolute Gasteiger partial charge is 0.254 e. The summed E-state index contributed by atoms with van der Waals surface area (Å²) in [7, 11) is 0. The minimum absolute atomic E-state index is 0.0606. The van der Waals surface area contributed by atoms with Gasteiger partial charge in [0.25, 0.3) is 5.91 Å². The van der Waals surface area contributed by atoms with Crippen molar-refractivity contribution < 1.29 is 4.79 Å². The molecule has 3 unspecified atom stereocenters. The van der Waals surface area contributed by atoms with Crippen LogP contribution in [0.4, 0.5) is 0 Å². The van der Waals surface area contributed by atoms with Crippen LogP contribution in [0, 0.1) is 5.92 Å². The van der Waals surface area contributed by atoms with E-state index in [1.54, 1.807) is 17.1 Å². The fourth-order valence-corrected chi connectivity index (χ4v) is 3.00. The van der Waals surface area contributed by atoms with E-state index in [1.807, 2.05) is 30.3 Å². The lowest BCUT2D eigenvalue weighted by atomic mass is 9.89. The van der Waals surface area contributed by atoms with Crippen molar-refractivity contribution in [3.05, 3.63) is 48.3 Å². The molecule has 2 heterocycles. The molecule has 5 heteroatoms. The van der Waals surface area contributed by atoms with Crippen LogP contribution in [-0.2, 0) is 0 Å². The van der Waals surface area contributed by atoms with Crippen molar-refractivity contribution in [2.45, 2.75) is 32.4 Å². The Labute approximate surface area is 130 Å². The van der Waals surface area contributed by atoms with Crippen LogP contribution in [0.1, 0.15) is 30.6 Å². The predicted molar refractivity (Wildman–Crippen MR) is 86.1 cm³/mol. The Morgan fingerprint density at radius 2 is 2.09 bits per heavy atom. The van der Waals surface area contributed by atoms with E-state index >= 15 is 0 Å². The minimum Gasteiger partial charge on any atom is -0.347 e. The van der Waals surface area contributed by atoms with Crippen molar-refractivity contribution in [3.8, 4) is 5.69 Å². The van der Waals surface area contributed by atoms with Gasteiger partial charge in [-0.2, -0.15) is 5.10 Å². The van der Waals surface area contributed by atoms with Crippen molar-refractivity contribution in [3.63, 3.8) is 0 Å². The van der Waals surface area contributed by atoms with Gasteiger partial charge in [-0.3, -0.25) is 4.79 Å². The van der Waals surface area contributed by atoms with Crippen LogP contribution in [0.5, 0.6) is 0 Å². The Hall–Kier alpha value is -2.14. The van der Waals surface area contributed by atoms with Gasteiger partial charge in [0.2, 0.25) is 0 Å².